The molecule has 0 spiro atoms. The average Bonchev–Trinajstić information content (AvgIpc) is 3.14. The lowest BCUT2D eigenvalue weighted by atomic mass is 9.81. The molecule has 166 valence electrons. The molecule has 0 bridgehead atoms. The summed E-state index contributed by atoms with van der Waals surface area (Å²) in [6.45, 7) is 4.55. The van der Waals surface area contributed by atoms with Gasteiger partial charge in [-0.15, -0.1) is 0 Å². The van der Waals surface area contributed by atoms with Crippen LogP contribution in [0, 0.1) is 11.8 Å². The Labute approximate surface area is 187 Å². The monoisotopic (exact) mass is 420 g/mol. The highest BCUT2D eigenvalue weighted by Crippen LogP contribution is 2.34. The second-order valence-electron chi connectivity index (χ2n) is 9.20. The Morgan fingerprint density at radius 2 is 1.23 bits per heavy atom. The second-order valence-corrected chi connectivity index (χ2v) is 9.20. The Kier molecular flexibility index (Phi) is 8.87. The number of hydrogen-bond acceptors (Lipinski definition) is 3. The maximum atomic E-state index is 12.2. The van der Waals surface area contributed by atoms with Gasteiger partial charge in [0.15, 0.2) is 0 Å². The minimum absolute atomic E-state index is 0.244. The van der Waals surface area contributed by atoms with Crippen LogP contribution < -0.4 is 0 Å². The molecule has 3 heteroatoms. The third-order valence-electron chi connectivity index (χ3n) is 6.88. The molecule has 0 aromatic heterocycles. The van der Waals surface area contributed by atoms with Gasteiger partial charge in [0.1, 0.15) is 0 Å². The Balaban J connectivity index is 1.48. The van der Waals surface area contributed by atoms with Crippen molar-refractivity contribution in [3.8, 4) is 0 Å². The molecule has 0 radical (unpaired) electrons. The van der Waals surface area contributed by atoms with Gasteiger partial charge < -0.3 is 4.74 Å². The van der Waals surface area contributed by atoms with E-state index in [9.17, 15) is 9.59 Å². The summed E-state index contributed by atoms with van der Waals surface area (Å²) in [6.07, 6.45) is 7.79. The fraction of sp³-hybridized carbons (Fsp3) is 0.500. The lowest BCUT2D eigenvalue weighted by Crippen LogP contribution is -2.20. The Bertz CT molecular complexity index is 815. The van der Waals surface area contributed by atoms with Crippen LogP contribution in [-0.2, 0) is 14.3 Å². The second kappa shape index (κ2) is 11.8. The summed E-state index contributed by atoms with van der Waals surface area (Å²) >= 11 is 0. The fourth-order valence-electron chi connectivity index (χ4n) is 4.84. The normalized spacial score (nSPS) is 19.1. The standard InChI is InChI=1S/C28H36O3/c1-21(23-14-5-3-6-15-23)12-9-10-18-25(26-20-27(29)31-28(26)30)19-11-13-22(2)24-16-7-4-8-17-24/h3-8,14-17,21-22,25-26H,9-13,18-20H2,1-2H3. The van der Waals surface area contributed by atoms with Crippen molar-refractivity contribution in [2.24, 2.45) is 11.8 Å². The van der Waals surface area contributed by atoms with Gasteiger partial charge in [-0.3, -0.25) is 9.59 Å². The first-order valence-corrected chi connectivity index (χ1v) is 11.9. The SMILES string of the molecule is CC(CCCCC(CCCC(C)c1ccccc1)C1CC(=O)OC1=O)c1ccccc1. The highest BCUT2D eigenvalue weighted by atomic mass is 16.6. The predicted molar refractivity (Wildman–Crippen MR) is 125 cm³/mol. The molecular formula is C28H36O3. The van der Waals surface area contributed by atoms with Gasteiger partial charge >= 0.3 is 11.9 Å². The van der Waals surface area contributed by atoms with Crippen molar-refractivity contribution >= 4 is 11.9 Å². The van der Waals surface area contributed by atoms with Crippen molar-refractivity contribution in [2.45, 2.75) is 77.0 Å². The van der Waals surface area contributed by atoms with Crippen LogP contribution in [0.5, 0.6) is 0 Å². The maximum Gasteiger partial charge on any atom is 0.317 e. The molecule has 31 heavy (non-hydrogen) atoms. The largest absolute Gasteiger partial charge is 0.393 e. The first-order chi connectivity index (χ1) is 15.0. The summed E-state index contributed by atoms with van der Waals surface area (Å²) in [5, 5.41) is 0. The number of benzene rings is 2. The Morgan fingerprint density at radius 1 is 0.742 bits per heavy atom. The first kappa shape index (κ1) is 23.2. The smallest absolute Gasteiger partial charge is 0.317 e. The van der Waals surface area contributed by atoms with E-state index in [1.54, 1.807) is 0 Å². The molecular weight excluding hydrogens is 384 g/mol. The molecule has 1 heterocycles. The number of esters is 2. The summed E-state index contributed by atoms with van der Waals surface area (Å²) in [4.78, 5) is 23.9. The number of carbonyl (C=O) groups is 2. The molecule has 1 aliphatic rings. The molecule has 1 aliphatic heterocycles. The number of carbonyl (C=O) groups excluding carboxylic acids is 2. The van der Waals surface area contributed by atoms with Crippen molar-refractivity contribution in [3.05, 3.63) is 71.8 Å². The van der Waals surface area contributed by atoms with Gasteiger partial charge in [-0.2, -0.15) is 0 Å². The number of unbranched alkanes of at least 4 members (excludes halogenated alkanes) is 1. The zero-order valence-electron chi connectivity index (χ0n) is 19.0. The average molecular weight is 421 g/mol. The third kappa shape index (κ3) is 7.05. The van der Waals surface area contributed by atoms with Crippen LogP contribution in [0.3, 0.4) is 0 Å². The summed E-state index contributed by atoms with van der Waals surface area (Å²) in [5.41, 5.74) is 2.75. The van der Waals surface area contributed by atoms with Crippen molar-refractivity contribution in [3.63, 3.8) is 0 Å². The highest BCUT2D eigenvalue weighted by Gasteiger charge is 2.38. The van der Waals surface area contributed by atoms with Gasteiger partial charge in [-0.25, -0.2) is 0 Å². The summed E-state index contributed by atoms with van der Waals surface area (Å²) in [5.74, 6) is 0.397. The minimum Gasteiger partial charge on any atom is -0.393 e. The minimum atomic E-state index is -0.352. The molecule has 0 aliphatic carbocycles. The lowest BCUT2D eigenvalue weighted by Gasteiger charge is -2.22. The van der Waals surface area contributed by atoms with Gasteiger partial charge in [0.25, 0.3) is 0 Å². The van der Waals surface area contributed by atoms with E-state index in [4.69, 9.17) is 4.74 Å². The van der Waals surface area contributed by atoms with Gasteiger partial charge in [0.05, 0.1) is 12.3 Å². The molecule has 3 rings (SSSR count). The molecule has 0 saturated carbocycles. The van der Waals surface area contributed by atoms with Crippen LogP contribution in [0.2, 0.25) is 0 Å². The molecule has 1 fully saturated rings. The van der Waals surface area contributed by atoms with E-state index >= 15 is 0 Å². The quantitative estimate of drug-likeness (QED) is 0.210. The molecule has 3 nitrogen and oxygen atoms in total. The van der Waals surface area contributed by atoms with E-state index in [1.165, 1.54) is 11.1 Å². The van der Waals surface area contributed by atoms with Crippen LogP contribution in [-0.4, -0.2) is 11.9 Å². The number of ether oxygens (including phenoxy) is 1. The van der Waals surface area contributed by atoms with Crippen molar-refractivity contribution in [1.82, 2.24) is 0 Å². The number of rotatable bonds is 12. The van der Waals surface area contributed by atoms with E-state index in [-0.39, 0.29) is 30.2 Å². The maximum absolute atomic E-state index is 12.2. The van der Waals surface area contributed by atoms with Crippen LogP contribution in [0.1, 0.15) is 88.2 Å². The number of cyclic esters (lactones) is 2. The van der Waals surface area contributed by atoms with E-state index < -0.39 is 0 Å². The molecule has 4 atom stereocenters. The van der Waals surface area contributed by atoms with Crippen molar-refractivity contribution < 1.29 is 14.3 Å². The lowest BCUT2D eigenvalue weighted by molar-refractivity contribution is -0.153. The molecule has 0 amide bonds. The van der Waals surface area contributed by atoms with E-state index in [0.717, 1.165) is 44.9 Å². The first-order valence-electron chi connectivity index (χ1n) is 11.9. The Morgan fingerprint density at radius 3 is 1.74 bits per heavy atom. The van der Waals surface area contributed by atoms with Crippen LogP contribution in [0.4, 0.5) is 0 Å². The zero-order valence-corrected chi connectivity index (χ0v) is 19.0. The Hall–Kier alpha value is -2.42. The predicted octanol–water partition coefficient (Wildman–Crippen LogP) is 7.03. The van der Waals surface area contributed by atoms with Crippen molar-refractivity contribution in [2.75, 3.05) is 0 Å². The third-order valence-corrected chi connectivity index (χ3v) is 6.88. The van der Waals surface area contributed by atoms with Gasteiger partial charge in [-0.1, -0.05) is 93.8 Å². The van der Waals surface area contributed by atoms with E-state index in [2.05, 4.69) is 68.4 Å². The van der Waals surface area contributed by atoms with Crippen molar-refractivity contribution in [1.29, 1.82) is 0 Å². The summed E-state index contributed by atoms with van der Waals surface area (Å²) in [6, 6.07) is 21.2. The van der Waals surface area contributed by atoms with Gasteiger partial charge in [0, 0.05) is 0 Å². The van der Waals surface area contributed by atoms with E-state index in [0.29, 0.717) is 11.8 Å². The van der Waals surface area contributed by atoms with Crippen LogP contribution >= 0.6 is 0 Å². The topological polar surface area (TPSA) is 43.4 Å². The van der Waals surface area contributed by atoms with E-state index in [1.807, 2.05) is 6.07 Å². The highest BCUT2D eigenvalue weighted by molar-refractivity contribution is 5.94. The summed E-state index contributed by atoms with van der Waals surface area (Å²) in [7, 11) is 0. The molecule has 2 aromatic carbocycles. The summed E-state index contributed by atoms with van der Waals surface area (Å²) < 4.78 is 4.88. The molecule has 1 saturated heterocycles. The van der Waals surface area contributed by atoms with Crippen LogP contribution in [0.15, 0.2) is 60.7 Å². The van der Waals surface area contributed by atoms with Gasteiger partial charge in [0.2, 0.25) is 0 Å². The molecule has 0 N–H and O–H groups in total. The van der Waals surface area contributed by atoms with Crippen LogP contribution in [0.25, 0.3) is 0 Å². The number of hydrogen-bond donors (Lipinski definition) is 0. The zero-order chi connectivity index (χ0) is 22.1. The molecule has 4 unspecified atom stereocenters. The molecule has 2 aromatic rings. The fourth-order valence-corrected chi connectivity index (χ4v) is 4.84. The van der Waals surface area contributed by atoms with Gasteiger partial charge in [-0.05, 0) is 54.6 Å².